The van der Waals surface area contributed by atoms with E-state index >= 15 is 0 Å². The summed E-state index contributed by atoms with van der Waals surface area (Å²) < 4.78 is 10.6. The number of aryl methyl sites for hydroxylation is 1. The van der Waals surface area contributed by atoms with Gasteiger partial charge in [-0.05, 0) is 36.8 Å². The zero-order chi connectivity index (χ0) is 18.6. The van der Waals surface area contributed by atoms with Crippen molar-refractivity contribution < 1.29 is 9.26 Å². The molecule has 0 saturated carbocycles. The van der Waals surface area contributed by atoms with E-state index in [1.807, 2.05) is 36.4 Å². The van der Waals surface area contributed by atoms with Gasteiger partial charge in [0.1, 0.15) is 5.82 Å². The molecule has 0 bridgehead atoms. The van der Waals surface area contributed by atoms with E-state index in [1.165, 1.54) is 0 Å². The molecule has 4 aromatic rings. The average Bonchev–Trinajstić information content (AvgIpc) is 3.18. The van der Waals surface area contributed by atoms with E-state index in [9.17, 15) is 0 Å². The average molecular weight is 360 g/mol. The molecule has 1 N–H and O–H groups in total. The highest BCUT2D eigenvalue weighted by atomic mass is 16.5. The standard InChI is InChI=1S/C21H20N4O2/c1-14-8-9-16-13-17(19(22-10-11-26-2)23-18(16)12-14)20-24-21(27-25-20)15-6-4-3-5-7-15/h3-9,12-13H,10-11H2,1-2H3,(H,22,23). The Labute approximate surface area is 157 Å². The van der Waals surface area contributed by atoms with E-state index in [1.54, 1.807) is 7.11 Å². The van der Waals surface area contributed by atoms with Crippen molar-refractivity contribution in [2.24, 2.45) is 0 Å². The topological polar surface area (TPSA) is 73.1 Å². The maximum absolute atomic E-state index is 5.48. The van der Waals surface area contributed by atoms with Gasteiger partial charge in [-0.3, -0.25) is 0 Å². The summed E-state index contributed by atoms with van der Waals surface area (Å²) in [5.74, 6) is 1.70. The van der Waals surface area contributed by atoms with Gasteiger partial charge in [-0.25, -0.2) is 4.98 Å². The van der Waals surface area contributed by atoms with E-state index in [0.717, 1.165) is 27.6 Å². The number of hydrogen-bond donors (Lipinski definition) is 1. The van der Waals surface area contributed by atoms with Crippen molar-refractivity contribution in [1.82, 2.24) is 15.1 Å². The Morgan fingerprint density at radius 2 is 1.89 bits per heavy atom. The number of nitrogens with zero attached hydrogens (tertiary/aromatic N) is 3. The van der Waals surface area contributed by atoms with E-state index < -0.39 is 0 Å². The highest BCUT2D eigenvalue weighted by Gasteiger charge is 2.16. The zero-order valence-electron chi connectivity index (χ0n) is 15.3. The lowest BCUT2D eigenvalue weighted by atomic mass is 10.1. The normalized spacial score (nSPS) is 11.0. The smallest absolute Gasteiger partial charge is 0.258 e. The Morgan fingerprint density at radius 3 is 2.70 bits per heavy atom. The fourth-order valence-corrected chi connectivity index (χ4v) is 2.88. The molecule has 27 heavy (non-hydrogen) atoms. The van der Waals surface area contributed by atoms with Gasteiger partial charge in [0.2, 0.25) is 5.82 Å². The Hall–Kier alpha value is -3.25. The first-order valence-electron chi connectivity index (χ1n) is 8.78. The van der Waals surface area contributed by atoms with E-state index in [2.05, 4.69) is 40.6 Å². The first-order valence-corrected chi connectivity index (χ1v) is 8.78. The largest absolute Gasteiger partial charge is 0.383 e. The maximum atomic E-state index is 5.48. The summed E-state index contributed by atoms with van der Waals surface area (Å²) in [6.45, 7) is 3.27. The van der Waals surface area contributed by atoms with Crippen LogP contribution in [0.25, 0.3) is 33.7 Å². The summed E-state index contributed by atoms with van der Waals surface area (Å²) in [5.41, 5.74) is 3.77. The van der Waals surface area contributed by atoms with E-state index in [-0.39, 0.29) is 0 Å². The molecule has 4 rings (SSSR count). The molecule has 0 aliphatic heterocycles. The van der Waals surface area contributed by atoms with E-state index in [0.29, 0.717) is 30.7 Å². The molecule has 2 aromatic heterocycles. The molecule has 0 unspecified atom stereocenters. The number of anilines is 1. The van der Waals surface area contributed by atoms with Crippen molar-refractivity contribution in [2.45, 2.75) is 6.92 Å². The van der Waals surface area contributed by atoms with Crippen molar-refractivity contribution in [3.05, 3.63) is 60.2 Å². The number of fused-ring (bicyclic) bond motifs is 1. The Morgan fingerprint density at radius 1 is 1.04 bits per heavy atom. The first kappa shape index (κ1) is 17.2. The van der Waals surface area contributed by atoms with Gasteiger partial charge in [0.15, 0.2) is 0 Å². The third-order valence-corrected chi connectivity index (χ3v) is 4.26. The molecule has 6 nitrogen and oxygen atoms in total. The van der Waals surface area contributed by atoms with Crippen LogP contribution in [0.15, 0.2) is 59.1 Å². The predicted molar refractivity (Wildman–Crippen MR) is 106 cm³/mol. The molecule has 0 atom stereocenters. The number of aromatic nitrogens is 3. The molecule has 0 amide bonds. The first-order chi connectivity index (χ1) is 13.2. The Bertz CT molecular complexity index is 1060. The van der Waals surface area contributed by atoms with Crippen molar-refractivity contribution in [1.29, 1.82) is 0 Å². The summed E-state index contributed by atoms with van der Waals surface area (Å²) in [7, 11) is 1.67. The molecule has 2 aromatic carbocycles. The molecule has 0 aliphatic rings. The SMILES string of the molecule is COCCNc1nc2cc(C)ccc2cc1-c1noc(-c2ccccc2)n1. The second-order valence-electron chi connectivity index (χ2n) is 6.29. The molecular weight excluding hydrogens is 340 g/mol. The third-order valence-electron chi connectivity index (χ3n) is 4.26. The molecule has 136 valence electrons. The lowest BCUT2D eigenvalue weighted by Gasteiger charge is -2.10. The number of nitrogens with one attached hydrogen (secondary N) is 1. The van der Waals surface area contributed by atoms with Crippen LogP contribution >= 0.6 is 0 Å². The monoisotopic (exact) mass is 360 g/mol. The number of pyridine rings is 1. The molecule has 6 heteroatoms. The van der Waals surface area contributed by atoms with Gasteiger partial charge < -0.3 is 14.6 Å². The van der Waals surface area contributed by atoms with Crippen molar-refractivity contribution in [3.63, 3.8) is 0 Å². The lowest BCUT2D eigenvalue weighted by Crippen LogP contribution is -2.10. The van der Waals surface area contributed by atoms with Crippen LogP contribution in [0.1, 0.15) is 5.56 Å². The fraction of sp³-hybridized carbons (Fsp3) is 0.190. The van der Waals surface area contributed by atoms with E-state index in [4.69, 9.17) is 14.2 Å². The molecule has 0 aliphatic carbocycles. The highest BCUT2D eigenvalue weighted by molar-refractivity contribution is 5.88. The molecule has 2 heterocycles. The van der Waals surface area contributed by atoms with Crippen molar-refractivity contribution in [2.75, 3.05) is 25.6 Å². The minimum absolute atomic E-state index is 0.484. The minimum atomic E-state index is 0.484. The van der Waals surface area contributed by atoms with Crippen LogP contribution in [0.5, 0.6) is 0 Å². The van der Waals surface area contributed by atoms with Gasteiger partial charge in [0.25, 0.3) is 5.89 Å². The zero-order valence-corrected chi connectivity index (χ0v) is 15.3. The Balaban J connectivity index is 1.78. The number of ether oxygens (including phenoxy) is 1. The number of benzene rings is 2. The summed E-state index contributed by atoms with van der Waals surface area (Å²) >= 11 is 0. The predicted octanol–water partition coefficient (Wildman–Crippen LogP) is 4.32. The second-order valence-corrected chi connectivity index (χ2v) is 6.29. The number of rotatable bonds is 6. The minimum Gasteiger partial charge on any atom is -0.383 e. The van der Waals surface area contributed by atoms with Crippen molar-refractivity contribution >= 4 is 16.7 Å². The molecule has 0 spiro atoms. The van der Waals surface area contributed by atoms with Crippen molar-refractivity contribution in [3.8, 4) is 22.8 Å². The van der Waals surface area contributed by atoms with Gasteiger partial charge >= 0.3 is 0 Å². The molecule has 0 radical (unpaired) electrons. The summed E-state index contributed by atoms with van der Waals surface area (Å²) in [6, 6.07) is 17.9. The number of hydrogen-bond acceptors (Lipinski definition) is 6. The summed E-state index contributed by atoms with van der Waals surface area (Å²) in [4.78, 5) is 9.35. The van der Waals surface area contributed by atoms with Gasteiger partial charge in [-0.15, -0.1) is 0 Å². The fourth-order valence-electron chi connectivity index (χ4n) is 2.88. The molecule has 0 fully saturated rings. The third kappa shape index (κ3) is 3.66. The molecular formula is C21H20N4O2. The Kier molecular flexibility index (Phi) is 4.80. The quantitative estimate of drug-likeness (QED) is 0.516. The lowest BCUT2D eigenvalue weighted by molar-refractivity contribution is 0.210. The number of methoxy groups -OCH3 is 1. The van der Waals surface area contributed by atoms with Crippen LogP contribution in [-0.2, 0) is 4.74 Å². The van der Waals surface area contributed by atoms with Gasteiger partial charge in [0, 0.05) is 24.6 Å². The van der Waals surface area contributed by atoms with Crippen LogP contribution < -0.4 is 5.32 Å². The maximum Gasteiger partial charge on any atom is 0.258 e. The van der Waals surface area contributed by atoms with Gasteiger partial charge in [-0.2, -0.15) is 4.98 Å². The van der Waals surface area contributed by atoms with Crippen LogP contribution in [0, 0.1) is 6.92 Å². The van der Waals surface area contributed by atoms with Crippen LogP contribution in [0.3, 0.4) is 0 Å². The summed E-state index contributed by atoms with van der Waals surface area (Å²) in [6.07, 6.45) is 0. The summed E-state index contributed by atoms with van der Waals surface area (Å²) in [5, 5.41) is 8.52. The highest BCUT2D eigenvalue weighted by Crippen LogP contribution is 2.30. The second kappa shape index (κ2) is 7.55. The van der Waals surface area contributed by atoms with Crippen LogP contribution in [0.2, 0.25) is 0 Å². The van der Waals surface area contributed by atoms with Gasteiger partial charge in [-0.1, -0.05) is 35.5 Å². The van der Waals surface area contributed by atoms with Crippen LogP contribution in [0.4, 0.5) is 5.82 Å². The van der Waals surface area contributed by atoms with Gasteiger partial charge in [0.05, 0.1) is 17.7 Å². The molecule has 0 saturated heterocycles. The van der Waals surface area contributed by atoms with Crippen LogP contribution in [-0.4, -0.2) is 35.4 Å².